The number of non-ortho nitro benzene ring substituents is 1. The van der Waals surface area contributed by atoms with Crippen molar-refractivity contribution in [2.24, 2.45) is 0 Å². The number of esters is 1. The van der Waals surface area contributed by atoms with Crippen LogP contribution in [0.5, 0.6) is 0 Å². The molecule has 0 aliphatic carbocycles. The highest BCUT2D eigenvalue weighted by Crippen LogP contribution is 2.26. The fourth-order valence-electron chi connectivity index (χ4n) is 2.06. The Morgan fingerprint density at radius 3 is 2.20 bits per heavy atom. The van der Waals surface area contributed by atoms with Gasteiger partial charge in [-0.3, -0.25) is 19.7 Å². The summed E-state index contributed by atoms with van der Waals surface area (Å²) in [6.07, 6.45) is -0.880. The van der Waals surface area contributed by atoms with Gasteiger partial charge in [-0.2, -0.15) is 0 Å². The summed E-state index contributed by atoms with van der Waals surface area (Å²) in [5, 5.41) is 10.1. The molecule has 0 radical (unpaired) electrons. The average molecular weight is 359 g/mol. The molecule has 0 aliphatic heterocycles. The predicted molar refractivity (Wildman–Crippen MR) is 94.7 cm³/mol. The third kappa shape index (κ3) is 5.15. The minimum atomic E-state index is -0.880. The number of carbonyl (C=O) groups is 2. The fourth-order valence-corrected chi connectivity index (χ4v) is 2.91. The van der Waals surface area contributed by atoms with Gasteiger partial charge in [0, 0.05) is 22.6 Å². The molecule has 2 rings (SSSR count). The van der Waals surface area contributed by atoms with Gasteiger partial charge in [-0.15, -0.1) is 11.8 Å². The standard InChI is InChI=1S/C18H17NO5S/c1-12(17(20)14-6-4-3-5-7-14)24-18(21)13(2)25-16-10-8-15(9-11-16)19(22)23/h3-13H,1-2H3/t12-,13+/m1/s1. The van der Waals surface area contributed by atoms with Gasteiger partial charge in [0.15, 0.2) is 6.10 Å². The van der Waals surface area contributed by atoms with Gasteiger partial charge >= 0.3 is 5.97 Å². The molecule has 0 saturated heterocycles. The van der Waals surface area contributed by atoms with Crippen LogP contribution in [-0.4, -0.2) is 28.0 Å². The number of ether oxygens (including phenoxy) is 1. The largest absolute Gasteiger partial charge is 0.453 e. The third-order valence-corrected chi connectivity index (χ3v) is 4.50. The summed E-state index contributed by atoms with van der Waals surface area (Å²) in [5.41, 5.74) is 0.472. The lowest BCUT2D eigenvalue weighted by atomic mass is 10.1. The first-order valence-corrected chi connectivity index (χ1v) is 8.47. The molecule has 0 spiro atoms. The summed E-state index contributed by atoms with van der Waals surface area (Å²) >= 11 is 1.21. The fraction of sp³-hybridized carbons (Fsp3) is 0.222. The van der Waals surface area contributed by atoms with E-state index in [1.54, 1.807) is 49.4 Å². The zero-order valence-corrected chi connectivity index (χ0v) is 14.6. The average Bonchev–Trinajstić information content (AvgIpc) is 2.62. The van der Waals surface area contributed by atoms with Crippen molar-refractivity contribution >= 4 is 29.2 Å². The van der Waals surface area contributed by atoms with Crippen molar-refractivity contribution in [2.75, 3.05) is 0 Å². The molecule has 2 aromatic carbocycles. The zero-order chi connectivity index (χ0) is 18.4. The second-order valence-corrected chi connectivity index (χ2v) is 6.73. The molecule has 0 bridgehead atoms. The van der Waals surface area contributed by atoms with Gasteiger partial charge in [-0.05, 0) is 26.0 Å². The number of hydrogen-bond donors (Lipinski definition) is 0. The molecule has 6 nitrogen and oxygen atoms in total. The van der Waals surface area contributed by atoms with E-state index >= 15 is 0 Å². The van der Waals surface area contributed by atoms with Crippen LogP contribution >= 0.6 is 11.8 Å². The first kappa shape index (κ1) is 18.7. The van der Waals surface area contributed by atoms with Crippen LogP contribution in [0.3, 0.4) is 0 Å². The number of nitro groups is 1. The number of nitro benzene ring substituents is 1. The third-order valence-electron chi connectivity index (χ3n) is 3.41. The SMILES string of the molecule is C[C@H](Sc1ccc([N+](=O)[O-])cc1)C(=O)O[C@H](C)C(=O)c1ccccc1. The molecule has 2 aromatic rings. The van der Waals surface area contributed by atoms with Crippen molar-refractivity contribution < 1.29 is 19.2 Å². The summed E-state index contributed by atoms with van der Waals surface area (Å²) in [5.74, 6) is -0.776. The summed E-state index contributed by atoms with van der Waals surface area (Å²) in [6, 6.07) is 14.5. The number of Topliss-reactive ketones (excluding diaryl/α,β-unsaturated/α-hetero) is 1. The maximum absolute atomic E-state index is 12.2. The van der Waals surface area contributed by atoms with Crippen molar-refractivity contribution in [1.82, 2.24) is 0 Å². The van der Waals surface area contributed by atoms with Gasteiger partial charge < -0.3 is 4.74 Å². The number of benzene rings is 2. The van der Waals surface area contributed by atoms with Crippen molar-refractivity contribution in [3.05, 3.63) is 70.3 Å². The van der Waals surface area contributed by atoms with E-state index in [2.05, 4.69) is 0 Å². The quantitative estimate of drug-likeness (QED) is 0.245. The van der Waals surface area contributed by atoms with E-state index in [1.807, 2.05) is 0 Å². The molecule has 0 aromatic heterocycles. The van der Waals surface area contributed by atoms with Crippen LogP contribution in [0.1, 0.15) is 24.2 Å². The molecular formula is C18H17NO5S. The Morgan fingerprint density at radius 2 is 1.64 bits per heavy atom. The summed E-state index contributed by atoms with van der Waals surface area (Å²) in [7, 11) is 0. The van der Waals surface area contributed by atoms with Crippen molar-refractivity contribution in [3.63, 3.8) is 0 Å². The molecule has 25 heavy (non-hydrogen) atoms. The van der Waals surface area contributed by atoms with Gasteiger partial charge in [0.2, 0.25) is 5.78 Å². The van der Waals surface area contributed by atoms with Crippen molar-refractivity contribution in [3.8, 4) is 0 Å². The molecule has 7 heteroatoms. The van der Waals surface area contributed by atoms with Crippen LogP contribution in [-0.2, 0) is 9.53 Å². The number of carbonyl (C=O) groups excluding carboxylic acids is 2. The summed E-state index contributed by atoms with van der Waals surface area (Å²) in [6.45, 7) is 3.20. The van der Waals surface area contributed by atoms with E-state index in [0.717, 1.165) is 0 Å². The van der Waals surface area contributed by atoms with Crippen LogP contribution in [0.4, 0.5) is 5.69 Å². The molecule has 0 fully saturated rings. The van der Waals surface area contributed by atoms with Crippen LogP contribution in [0, 0.1) is 10.1 Å². The van der Waals surface area contributed by atoms with E-state index < -0.39 is 22.2 Å². The van der Waals surface area contributed by atoms with Gasteiger partial charge in [-0.25, -0.2) is 0 Å². The van der Waals surface area contributed by atoms with E-state index in [-0.39, 0.29) is 11.5 Å². The smallest absolute Gasteiger partial charge is 0.319 e. The highest BCUT2D eigenvalue weighted by atomic mass is 32.2. The highest BCUT2D eigenvalue weighted by molar-refractivity contribution is 8.00. The van der Waals surface area contributed by atoms with Crippen LogP contribution in [0.25, 0.3) is 0 Å². The van der Waals surface area contributed by atoms with E-state index in [4.69, 9.17) is 4.74 Å². The van der Waals surface area contributed by atoms with Crippen molar-refractivity contribution in [1.29, 1.82) is 0 Å². The van der Waals surface area contributed by atoms with E-state index in [1.165, 1.54) is 30.8 Å². The molecule has 0 heterocycles. The predicted octanol–water partition coefficient (Wildman–Crippen LogP) is 3.89. The minimum Gasteiger partial charge on any atom is -0.453 e. The number of hydrogen-bond acceptors (Lipinski definition) is 6. The molecule has 2 atom stereocenters. The lowest BCUT2D eigenvalue weighted by Gasteiger charge is -2.16. The maximum Gasteiger partial charge on any atom is 0.319 e. The number of ketones is 1. The normalized spacial score (nSPS) is 12.9. The second-order valence-electron chi connectivity index (χ2n) is 5.32. The minimum absolute atomic E-state index is 0.0124. The monoisotopic (exact) mass is 359 g/mol. The topological polar surface area (TPSA) is 86.5 Å². The lowest BCUT2D eigenvalue weighted by molar-refractivity contribution is -0.384. The molecule has 0 aliphatic rings. The van der Waals surface area contributed by atoms with Gasteiger partial charge in [0.1, 0.15) is 5.25 Å². The van der Waals surface area contributed by atoms with E-state index in [0.29, 0.717) is 10.5 Å². The van der Waals surface area contributed by atoms with Gasteiger partial charge in [0.25, 0.3) is 5.69 Å². The molecule has 0 N–H and O–H groups in total. The lowest BCUT2D eigenvalue weighted by Crippen LogP contribution is -2.28. The number of rotatable bonds is 7. The first-order valence-electron chi connectivity index (χ1n) is 7.59. The highest BCUT2D eigenvalue weighted by Gasteiger charge is 2.23. The number of thioether (sulfide) groups is 1. The Bertz CT molecular complexity index is 761. The summed E-state index contributed by atoms with van der Waals surface area (Å²) in [4.78, 5) is 35.2. The summed E-state index contributed by atoms with van der Waals surface area (Å²) < 4.78 is 5.24. The van der Waals surface area contributed by atoms with Gasteiger partial charge in [-0.1, -0.05) is 30.3 Å². The molecule has 0 saturated carbocycles. The van der Waals surface area contributed by atoms with Crippen LogP contribution < -0.4 is 0 Å². The maximum atomic E-state index is 12.2. The molecule has 0 amide bonds. The van der Waals surface area contributed by atoms with Gasteiger partial charge in [0.05, 0.1) is 4.92 Å². The van der Waals surface area contributed by atoms with Crippen LogP contribution in [0.2, 0.25) is 0 Å². The second kappa shape index (κ2) is 8.43. The van der Waals surface area contributed by atoms with E-state index in [9.17, 15) is 19.7 Å². The number of nitrogens with zero attached hydrogens (tertiary/aromatic N) is 1. The molecular weight excluding hydrogens is 342 g/mol. The Morgan fingerprint density at radius 1 is 1.04 bits per heavy atom. The molecule has 0 unspecified atom stereocenters. The van der Waals surface area contributed by atoms with Crippen molar-refractivity contribution in [2.45, 2.75) is 30.1 Å². The first-order chi connectivity index (χ1) is 11.9. The Labute approximate surface area is 149 Å². The molecule has 130 valence electrons. The Hall–Kier alpha value is -2.67. The van der Waals surface area contributed by atoms with Crippen LogP contribution in [0.15, 0.2) is 59.5 Å². The Balaban J connectivity index is 1.93. The zero-order valence-electron chi connectivity index (χ0n) is 13.7. The Kier molecular flexibility index (Phi) is 6.30.